The standard InChI is InChI=1S/C14H16N2S4/c17-14(16-8-4-1-5-9-16)19-10-18-13-15-11-6-2-3-7-12(11)20-13/h2-3,6-7H,1,4-5,8-10H2. The van der Waals surface area contributed by atoms with Crippen molar-refractivity contribution >= 4 is 61.6 Å². The van der Waals surface area contributed by atoms with Gasteiger partial charge < -0.3 is 4.90 Å². The van der Waals surface area contributed by atoms with Crippen molar-refractivity contribution in [3.63, 3.8) is 0 Å². The van der Waals surface area contributed by atoms with Crippen LogP contribution in [-0.4, -0.2) is 32.4 Å². The van der Waals surface area contributed by atoms with E-state index in [1.54, 1.807) is 34.9 Å². The molecule has 3 rings (SSSR count). The Labute approximate surface area is 137 Å². The summed E-state index contributed by atoms with van der Waals surface area (Å²) >= 11 is 10.8. The fraction of sp³-hybridized carbons (Fsp3) is 0.429. The molecule has 0 radical (unpaired) electrons. The fourth-order valence-corrected chi connectivity index (χ4v) is 6.03. The Morgan fingerprint density at radius 3 is 2.85 bits per heavy atom. The number of nitrogens with zero attached hydrogens (tertiary/aromatic N) is 2. The summed E-state index contributed by atoms with van der Waals surface area (Å²) in [5.74, 6) is 0. The molecule has 1 aliphatic rings. The minimum atomic E-state index is 0.954. The second kappa shape index (κ2) is 7.11. The minimum absolute atomic E-state index is 0.954. The zero-order valence-corrected chi connectivity index (χ0v) is 14.3. The molecule has 2 aromatic rings. The van der Waals surface area contributed by atoms with Gasteiger partial charge in [-0.15, -0.1) is 11.3 Å². The van der Waals surface area contributed by atoms with Crippen LogP contribution in [0.15, 0.2) is 28.6 Å². The Morgan fingerprint density at radius 2 is 2.05 bits per heavy atom. The van der Waals surface area contributed by atoms with E-state index in [0.717, 1.165) is 32.4 Å². The van der Waals surface area contributed by atoms with Gasteiger partial charge in [0.25, 0.3) is 0 Å². The van der Waals surface area contributed by atoms with Gasteiger partial charge in [-0.2, -0.15) is 0 Å². The van der Waals surface area contributed by atoms with E-state index in [-0.39, 0.29) is 0 Å². The minimum Gasteiger partial charge on any atom is -0.358 e. The van der Waals surface area contributed by atoms with Crippen molar-refractivity contribution < 1.29 is 0 Å². The number of likely N-dealkylation sites (tertiary alicyclic amines) is 1. The number of hydrogen-bond acceptors (Lipinski definition) is 5. The Hall–Kier alpha value is -0.300. The lowest BCUT2D eigenvalue weighted by molar-refractivity contribution is 0.352. The lowest BCUT2D eigenvalue weighted by Crippen LogP contribution is -2.32. The normalized spacial score (nSPS) is 15.7. The summed E-state index contributed by atoms with van der Waals surface area (Å²) in [6, 6.07) is 8.30. The van der Waals surface area contributed by atoms with Crippen LogP contribution in [0, 0.1) is 0 Å². The molecule has 2 nitrogen and oxygen atoms in total. The zero-order chi connectivity index (χ0) is 13.8. The Balaban J connectivity index is 1.50. The van der Waals surface area contributed by atoms with Crippen molar-refractivity contribution in [2.75, 3.05) is 18.2 Å². The molecule has 0 amide bonds. The van der Waals surface area contributed by atoms with Gasteiger partial charge in [-0.3, -0.25) is 0 Å². The second-order valence-electron chi connectivity index (χ2n) is 4.67. The molecule has 106 valence electrons. The molecule has 1 saturated heterocycles. The number of fused-ring (bicyclic) bond motifs is 1. The van der Waals surface area contributed by atoms with Crippen LogP contribution < -0.4 is 0 Å². The van der Waals surface area contributed by atoms with Crippen molar-refractivity contribution in [3.8, 4) is 0 Å². The first-order valence-corrected chi connectivity index (χ1v) is 9.92. The van der Waals surface area contributed by atoms with Crippen LogP contribution >= 0.6 is 47.1 Å². The quantitative estimate of drug-likeness (QED) is 0.450. The fourth-order valence-electron chi connectivity index (χ4n) is 2.21. The lowest BCUT2D eigenvalue weighted by atomic mass is 10.1. The lowest BCUT2D eigenvalue weighted by Gasteiger charge is -2.28. The molecule has 0 bridgehead atoms. The van der Waals surface area contributed by atoms with E-state index >= 15 is 0 Å². The number of thioether (sulfide) groups is 2. The van der Waals surface area contributed by atoms with Gasteiger partial charge in [-0.25, -0.2) is 4.98 Å². The van der Waals surface area contributed by atoms with Gasteiger partial charge in [0, 0.05) is 13.1 Å². The van der Waals surface area contributed by atoms with E-state index in [1.165, 1.54) is 24.0 Å². The number of thiocarbonyl (C=S) groups is 1. The smallest absolute Gasteiger partial charge is 0.151 e. The largest absolute Gasteiger partial charge is 0.358 e. The summed E-state index contributed by atoms with van der Waals surface area (Å²) in [4.78, 5) is 6.98. The third-order valence-corrected chi connectivity index (χ3v) is 7.09. The Kier molecular flexibility index (Phi) is 5.20. The van der Waals surface area contributed by atoms with E-state index < -0.39 is 0 Å². The SMILES string of the molecule is S=C(SCSc1nc2ccccc2s1)N1CCCCC1. The predicted molar refractivity (Wildman–Crippen MR) is 96.0 cm³/mol. The summed E-state index contributed by atoms with van der Waals surface area (Å²) < 4.78 is 3.46. The topological polar surface area (TPSA) is 16.1 Å². The highest BCUT2D eigenvalue weighted by atomic mass is 32.2. The van der Waals surface area contributed by atoms with Crippen LogP contribution in [0.2, 0.25) is 0 Å². The maximum absolute atomic E-state index is 5.51. The first-order valence-electron chi connectivity index (χ1n) is 6.73. The van der Waals surface area contributed by atoms with Crippen LogP contribution in [0.1, 0.15) is 19.3 Å². The Bertz CT molecular complexity index is 557. The van der Waals surface area contributed by atoms with E-state index in [2.05, 4.69) is 28.1 Å². The molecule has 0 atom stereocenters. The zero-order valence-electron chi connectivity index (χ0n) is 11.1. The number of rotatable bonds is 3. The molecule has 1 aliphatic heterocycles. The molecule has 2 heterocycles. The number of para-hydroxylation sites is 1. The van der Waals surface area contributed by atoms with Crippen LogP contribution in [0.3, 0.4) is 0 Å². The number of benzene rings is 1. The molecule has 6 heteroatoms. The van der Waals surface area contributed by atoms with Gasteiger partial charge in [-0.1, -0.05) is 47.9 Å². The number of thiazole rings is 1. The molecular formula is C14H16N2S4. The first kappa shape index (κ1) is 14.6. The molecule has 0 unspecified atom stereocenters. The van der Waals surface area contributed by atoms with Gasteiger partial charge in [0.05, 0.1) is 15.3 Å². The molecule has 0 aliphatic carbocycles. The van der Waals surface area contributed by atoms with Gasteiger partial charge in [-0.05, 0) is 31.4 Å². The number of piperidine rings is 1. The average Bonchev–Trinajstić information content (AvgIpc) is 2.90. The van der Waals surface area contributed by atoms with Crippen molar-refractivity contribution in [1.82, 2.24) is 9.88 Å². The highest BCUT2D eigenvalue weighted by Crippen LogP contribution is 2.32. The molecular weight excluding hydrogens is 324 g/mol. The van der Waals surface area contributed by atoms with E-state index in [1.807, 2.05) is 6.07 Å². The summed E-state index contributed by atoms with van der Waals surface area (Å²) in [5.41, 5.74) is 1.10. The molecule has 1 fully saturated rings. The predicted octanol–water partition coefficient (Wildman–Crippen LogP) is 4.85. The van der Waals surface area contributed by atoms with Gasteiger partial charge in [0.15, 0.2) is 4.34 Å². The van der Waals surface area contributed by atoms with E-state index in [0.29, 0.717) is 0 Å². The summed E-state index contributed by atoms with van der Waals surface area (Å²) in [6.45, 7) is 2.27. The number of hydrogen-bond donors (Lipinski definition) is 0. The van der Waals surface area contributed by atoms with E-state index in [4.69, 9.17) is 12.2 Å². The first-order chi connectivity index (χ1) is 9.83. The van der Waals surface area contributed by atoms with E-state index in [9.17, 15) is 0 Å². The van der Waals surface area contributed by atoms with Crippen LogP contribution in [0.4, 0.5) is 0 Å². The molecule has 20 heavy (non-hydrogen) atoms. The summed E-state index contributed by atoms with van der Waals surface area (Å²) in [7, 11) is 0. The molecule has 0 saturated carbocycles. The second-order valence-corrected chi connectivity index (χ2v) is 8.90. The summed E-state index contributed by atoms with van der Waals surface area (Å²) in [6.07, 6.45) is 3.92. The van der Waals surface area contributed by atoms with Crippen LogP contribution in [0.25, 0.3) is 10.2 Å². The maximum atomic E-state index is 5.51. The monoisotopic (exact) mass is 340 g/mol. The molecule has 1 aromatic heterocycles. The molecule has 1 aromatic carbocycles. The van der Waals surface area contributed by atoms with Crippen LogP contribution in [0.5, 0.6) is 0 Å². The third-order valence-electron chi connectivity index (χ3n) is 3.25. The van der Waals surface area contributed by atoms with Crippen molar-refractivity contribution in [1.29, 1.82) is 0 Å². The average molecular weight is 341 g/mol. The maximum Gasteiger partial charge on any atom is 0.151 e. The van der Waals surface area contributed by atoms with Crippen molar-refractivity contribution in [2.45, 2.75) is 23.6 Å². The van der Waals surface area contributed by atoms with Crippen molar-refractivity contribution in [2.24, 2.45) is 0 Å². The van der Waals surface area contributed by atoms with Gasteiger partial charge >= 0.3 is 0 Å². The van der Waals surface area contributed by atoms with Crippen LogP contribution in [-0.2, 0) is 0 Å². The third kappa shape index (κ3) is 3.67. The molecule has 0 N–H and O–H groups in total. The van der Waals surface area contributed by atoms with Crippen molar-refractivity contribution in [3.05, 3.63) is 24.3 Å². The molecule has 0 spiro atoms. The Morgan fingerprint density at radius 1 is 1.25 bits per heavy atom. The summed E-state index contributed by atoms with van der Waals surface area (Å²) in [5, 5.41) is 0.954. The highest BCUT2D eigenvalue weighted by Gasteiger charge is 2.14. The number of aromatic nitrogens is 1. The highest BCUT2D eigenvalue weighted by molar-refractivity contribution is 8.29. The van der Waals surface area contributed by atoms with Gasteiger partial charge in [0.2, 0.25) is 0 Å². The van der Waals surface area contributed by atoms with Gasteiger partial charge in [0.1, 0.15) is 4.32 Å².